The van der Waals surface area contributed by atoms with Gasteiger partial charge in [0.2, 0.25) is 17.1 Å². The van der Waals surface area contributed by atoms with Gasteiger partial charge in [-0.15, -0.1) is 0 Å². The van der Waals surface area contributed by atoms with E-state index in [4.69, 9.17) is 4.74 Å². The van der Waals surface area contributed by atoms with Crippen LogP contribution in [0.15, 0.2) is 35.5 Å². The van der Waals surface area contributed by atoms with Gasteiger partial charge in [-0.25, -0.2) is 4.79 Å². The maximum absolute atomic E-state index is 12.7. The Kier molecular flexibility index (Phi) is 3.97. The first kappa shape index (κ1) is 16.7. The molecule has 2 aliphatic rings. The summed E-state index contributed by atoms with van der Waals surface area (Å²) in [6.45, 7) is 3.78. The Balaban J connectivity index is 1.95. The highest BCUT2D eigenvalue weighted by Gasteiger charge is 2.70. The van der Waals surface area contributed by atoms with E-state index in [1.54, 1.807) is 18.2 Å². The van der Waals surface area contributed by atoms with E-state index in [2.05, 4.69) is 5.32 Å². The number of allylic oxidation sites excluding steroid dienone is 1. The van der Waals surface area contributed by atoms with Gasteiger partial charge < -0.3 is 20.3 Å². The van der Waals surface area contributed by atoms with Crippen molar-refractivity contribution in [2.45, 2.75) is 44.4 Å². The molecule has 6 nitrogen and oxygen atoms in total. The van der Waals surface area contributed by atoms with E-state index in [0.29, 0.717) is 6.42 Å². The van der Waals surface area contributed by atoms with Gasteiger partial charge in [0.1, 0.15) is 5.57 Å². The minimum atomic E-state index is -2.37. The van der Waals surface area contributed by atoms with E-state index in [1.165, 1.54) is 13.0 Å². The van der Waals surface area contributed by atoms with Gasteiger partial charge in [0.05, 0.1) is 6.61 Å². The number of unbranched alkanes of at least 4 members (excludes halogenated alkanes) is 2. The van der Waals surface area contributed by atoms with Crippen LogP contribution in [0.25, 0.3) is 0 Å². The van der Waals surface area contributed by atoms with Gasteiger partial charge in [0.25, 0.3) is 0 Å². The molecule has 0 radical (unpaired) electrons. The number of fused-ring (bicyclic) bond motifs is 3. The molecule has 0 amide bonds. The quantitative estimate of drug-likeness (QED) is 0.557. The molecule has 1 aliphatic heterocycles. The van der Waals surface area contributed by atoms with Gasteiger partial charge in [0, 0.05) is 16.8 Å². The number of rotatable bonds is 5. The standard InChI is InChI=1S/C18H21NO5/c1-3-4-7-10-24-16(21)14-11(2)19-18(23)13-9-6-5-8-12(13)15(20)17(14,18)22/h5-6,8-9,19,22-23H,3-4,7,10H2,1-2H3/t17-,18-/m1/s1. The molecule has 0 saturated heterocycles. The molecule has 0 saturated carbocycles. The average Bonchev–Trinajstić information content (AvgIpc) is 2.87. The highest BCUT2D eigenvalue weighted by Crippen LogP contribution is 2.51. The molecule has 0 unspecified atom stereocenters. The number of nitrogens with one attached hydrogen (secondary N) is 1. The maximum Gasteiger partial charge on any atom is 0.339 e. The lowest BCUT2D eigenvalue weighted by atomic mass is 9.85. The van der Waals surface area contributed by atoms with Crippen LogP contribution in [-0.4, -0.2) is 34.2 Å². The zero-order valence-electron chi connectivity index (χ0n) is 13.8. The normalized spacial score (nSPS) is 27.8. The van der Waals surface area contributed by atoms with Crippen LogP contribution in [-0.2, 0) is 15.3 Å². The zero-order chi connectivity index (χ0) is 17.5. The van der Waals surface area contributed by atoms with Crippen molar-refractivity contribution in [3.05, 3.63) is 46.7 Å². The summed E-state index contributed by atoms with van der Waals surface area (Å²) in [7, 11) is 0. The smallest absolute Gasteiger partial charge is 0.339 e. The second kappa shape index (κ2) is 5.72. The first-order valence-electron chi connectivity index (χ1n) is 8.13. The molecule has 0 aromatic heterocycles. The van der Waals surface area contributed by atoms with Crippen LogP contribution < -0.4 is 5.32 Å². The van der Waals surface area contributed by atoms with Gasteiger partial charge in [-0.05, 0) is 13.3 Å². The molecule has 1 aliphatic carbocycles. The lowest BCUT2D eigenvalue weighted by Crippen LogP contribution is -2.56. The van der Waals surface area contributed by atoms with Crippen LogP contribution in [0.3, 0.4) is 0 Å². The van der Waals surface area contributed by atoms with E-state index < -0.39 is 23.1 Å². The summed E-state index contributed by atoms with van der Waals surface area (Å²) in [6.07, 6.45) is 2.61. The zero-order valence-corrected chi connectivity index (χ0v) is 13.8. The number of ketones is 1. The number of hydrogen-bond donors (Lipinski definition) is 3. The van der Waals surface area contributed by atoms with E-state index in [0.717, 1.165) is 12.8 Å². The van der Waals surface area contributed by atoms with Gasteiger partial charge in [-0.1, -0.05) is 44.0 Å². The van der Waals surface area contributed by atoms with Crippen molar-refractivity contribution in [3.63, 3.8) is 0 Å². The third-order valence-corrected chi connectivity index (χ3v) is 4.70. The highest BCUT2D eigenvalue weighted by molar-refractivity contribution is 6.16. The van der Waals surface area contributed by atoms with Crippen LogP contribution in [0, 0.1) is 0 Å². The van der Waals surface area contributed by atoms with Crippen molar-refractivity contribution in [1.29, 1.82) is 0 Å². The maximum atomic E-state index is 12.7. The van der Waals surface area contributed by atoms with Crippen molar-refractivity contribution < 1.29 is 24.5 Å². The SMILES string of the molecule is CCCCCOC(=O)C1=C(C)N[C@@]2(O)c3ccccc3C(=O)[C@]12O. The summed E-state index contributed by atoms with van der Waals surface area (Å²) in [5.74, 6) is -1.49. The Labute approximate surface area is 140 Å². The first-order valence-corrected chi connectivity index (χ1v) is 8.13. The summed E-state index contributed by atoms with van der Waals surface area (Å²) < 4.78 is 5.20. The van der Waals surface area contributed by atoms with Gasteiger partial charge in [-0.2, -0.15) is 0 Å². The lowest BCUT2D eigenvalue weighted by Gasteiger charge is -2.31. The topological polar surface area (TPSA) is 95.9 Å². The fourth-order valence-electron chi connectivity index (χ4n) is 3.50. The molecule has 0 spiro atoms. The van der Waals surface area contributed by atoms with E-state index >= 15 is 0 Å². The molecule has 1 aromatic carbocycles. The molecule has 3 rings (SSSR count). The Bertz CT molecular complexity index is 741. The van der Waals surface area contributed by atoms with Crippen molar-refractivity contribution in [2.24, 2.45) is 0 Å². The van der Waals surface area contributed by atoms with Gasteiger partial charge >= 0.3 is 5.97 Å². The van der Waals surface area contributed by atoms with E-state index in [9.17, 15) is 19.8 Å². The summed E-state index contributed by atoms with van der Waals surface area (Å²) in [5, 5.41) is 24.8. The molecule has 1 aromatic rings. The largest absolute Gasteiger partial charge is 0.462 e. The van der Waals surface area contributed by atoms with Crippen LogP contribution >= 0.6 is 0 Å². The number of Topliss-reactive ketones (excluding diaryl/α,β-unsaturated/α-hetero) is 1. The molecular weight excluding hydrogens is 310 g/mol. The van der Waals surface area contributed by atoms with Crippen molar-refractivity contribution >= 4 is 11.8 Å². The summed E-state index contributed by atoms with van der Waals surface area (Å²) in [4.78, 5) is 25.2. The molecule has 1 heterocycles. The molecule has 2 atom stereocenters. The summed E-state index contributed by atoms with van der Waals surface area (Å²) in [6, 6.07) is 6.38. The third kappa shape index (κ3) is 2.03. The minimum absolute atomic E-state index is 0.193. The van der Waals surface area contributed by atoms with Crippen LogP contribution in [0.4, 0.5) is 0 Å². The predicted molar refractivity (Wildman–Crippen MR) is 85.9 cm³/mol. The van der Waals surface area contributed by atoms with Crippen molar-refractivity contribution in [3.8, 4) is 0 Å². The number of ether oxygens (including phenoxy) is 1. The number of carbonyl (C=O) groups excluding carboxylic acids is 2. The number of hydrogen-bond acceptors (Lipinski definition) is 6. The van der Waals surface area contributed by atoms with Gasteiger partial charge in [0.15, 0.2) is 0 Å². The molecular formula is C18H21NO5. The van der Waals surface area contributed by atoms with Crippen molar-refractivity contribution in [2.75, 3.05) is 6.61 Å². The molecule has 128 valence electrons. The molecule has 6 heteroatoms. The van der Waals surface area contributed by atoms with Crippen LogP contribution in [0.1, 0.15) is 49.0 Å². The average molecular weight is 331 g/mol. The van der Waals surface area contributed by atoms with Crippen LogP contribution in [0.5, 0.6) is 0 Å². The summed E-state index contributed by atoms with van der Waals surface area (Å²) >= 11 is 0. The first-order chi connectivity index (χ1) is 11.4. The molecule has 0 fully saturated rings. The molecule has 0 bridgehead atoms. The van der Waals surface area contributed by atoms with Crippen LogP contribution in [0.2, 0.25) is 0 Å². The van der Waals surface area contributed by atoms with E-state index in [1.807, 2.05) is 6.92 Å². The number of aliphatic hydroxyl groups is 2. The monoisotopic (exact) mass is 331 g/mol. The Morgan fingerprint density at radius 1 is 1.25 bits per heavy atom. The number of benzene rings is 1. The second-order valence-electron chi connectivity index (χ2n) is 6.26. The predicted octanol–water partition coefficient (Wildman–Crippen LogP) is 1.37. The summed E-state index contributed by atoms with van der Waals surface area (Å²) in [5.41, 5.74) is -3.96. The highest BCUT2D eigenvalue weighted by atomic mass is 16.5. The van der Waals surface area contributed by atoms with Gasteiger partial charge in [-0.3, -0.25) is 4.79 Å². The second-order valence-corrected chi connectivity index (χ2v) is 6.26. The lowest BCUT2D eigenvalue weighted by molar-refractivity contribution is -0.147. The minimum Gasteiger partial charge on any atom is -0.462 e. The Morgan fingerprint density at radius 2 is 1.96 bits per heavy atom. The molecule has 24 heavy (non-hydrogen) atoms. The molecule has 3 N–H and O–H groups in total. The number of esters is 1. The Hall–Kier alpha value is -2.18. The fourth-order valence-corrected chi connectivity index (χ4v) is 3.50. The van der Waals surface area contributed by atoms with Crippen molar-refractivity contribution in [1.82, 2.24) is 5.32 Å². The number of carbonyl (C=O) groups is 2. The third-order valence-electron chi connectivity index (χ3n) is 4.70. The Morgan fingerprint density at radius 3 is 2.67 bits per heavy atom. The fraction of sp³-hybridized carbons (Fsp3) is 0.444. The van der Waals surface area contributed by atoms with E-state index in [-0.39, 0.29) is 29.0 Å².